The molecule has 2 rings (SSSR count). The van der Waals surface area contributed by atoms with Crippen LogP contribution >= 0.6 is 15.9 Å². The van der Waals surface area contributed by atoms with Crippen molar-refractivity contribution >= 4 is 21.9 Å². The number of aliphatic carboxylic acids is 1. The van der Waals surface area contributed by atoms with Crippen LogP contribution in [0.2, 0.25) is 0 Å². The summed E-state index contributed by atoms with van der Waals surface area (Å²) >= 11 is 3.39. The van der Waals surface area contributed by atoms with Crippen molar-refractivity contribution in [2.75, 3.05) is 0 Å². The van der Waals surface area contributed by atoms with Gasteiger partial charge in [0.15, 0.2) is 0 Å². The molecular weight excluding hydrogens is 300 g/mol. The molecule has 1 aromatic carbocycles. The Labute approximate surface area is 112 Å². The van der Waals surface area contributed by atoms with Crippen LogP contribution in [0.3, 0.4) is 0 Å². The van der Waals surface area contributed by atoms with Gasteiger partial charge in [-0.25, -0.2) is 0 Å². The van der Waals surface area contributed by atoms with E-state index in [1.165, 1.54) is 0 Å². The maximum absolute atomic E-state index is 10.4. The molecule has 0 atom stereocenters. The molecule has 0 bridgehead atoms. The third kappa shape index (κ3) is 2.95. The summed E-state index contributed by atoms with van der Waals surface area (Å²) in [6.45, 7) is 1.95. The molecule has 1 N–H and O–H groups in total. The Bertz CT molecular complexity index is 580. The van der Waals surface area contributed by atoms with Crippen molar-refractivity contribution in [1.29, 1.82) is 0 Å². The summed E-state index contributed by atoms with van der Waals surface area (Å²) in [5, 5.41) is 12.4. The van der Waals surface area contributed by atoms with Gasteiger partial charge < -0.3 is 9.63 Å². The van der Waals surface area contributed by atoms with Crippen molar-refractivity contribution in [3.8, 4) is 11.4 Å². The van der Waals surface area contributed by atoms with Crippen LogP contribution in [-0.4, -0.2) is 21.2 Å². The number of aryl methyl sites for hydroxylation is 2. The van der Waals surface area contributed by atoms with Crippen molar-refractivity contribution in [2.45, 2.75) is 19.8 Å². The van der Waals surface area contributed by atoms with Crippen LogP contribution in [0.15, 0.2) is 27.2 Å². The van der Waals surface area contributed by atoms with Gasteiger partial charge in [0, 0.05) is 16.5 Å². The third-order valence-corrected chi connectivity index (χ3v) is 2.94. The van der Waals surface area contributed by atoms with Crippen LogP contribution in [0.4, 0.5) is 0 Å². The lowest BCUT2D eigenvalue weighted by Gasteiger charge is -2.00. The fourth-order valence-corrected chi connectivity index (χ4v) is 2.03. The molecule has 0 saturated carbocycles. The topological polar surface area (TPSA) is 76.2 Å². The molecule has 0 unspecified atom stereocenters. The number of nitrogens with zero attached hydrogens (tertiary/aromatic N) is 2. The zero-order valence-electron chi connectivity index (χ0n) is 9.68. The minimum Gasteiger partial charge on any atom is -0.481 e. The first kappa shape index (κ1) is 12.8. The lowest BCUT2D eigenvalue weighted by Crippen LogP contribution is -1.97. The van der Waals surface area contributed by atoms with Gasteiger partial charge in [-0.05, 0) is 30.7 Å². The van der Waals surface area contributed by atoms with E-state index in [0.29, 0.717) is 11.7 Å². The Morgan fingerprint density at radius 3 is 2.94 bits per heavy atom. The molecule has 1 heterocycles. The SMILES string of the molecule is Cc1cc(Br)ccc1-c1noc(CCC(=O)O)n1. The van der Waals surface area contributed by atoms with Gasteiger partial charge in [0.05, 0.1) is 6.42 Å². The number of hydrogen-bond donors (Lipinski definition) is 1. The molecule has 6 heteroatoms. The summed E-state index contributed by atoms with van der Waals surface area (Å²) in [6, 6.07) is 5.75. The molecule has 0 aliphatic heterocycles. The molecule has 0 radical (unpaired) electrons. The number of carboxylic acids is 1. The Hall–Kier alpha value is -1.69. The van der Waals surface area contributed by atoms with Gasteiger partial charge in [-0.2, -0.15) is 4.98 Å². The van der Waals surface area contributed by atoms with Gasteiger partial charge in [0.2, 0.25) is 11.7 Å². The summed E-state index contributed by atoms with van der Waals surface area (Å²) in [7, 11) is 0. The number of carboxylic acid groups (broad SMARTS) is 1. The Balaban J connectivity index is 2.21. The van der Waals surface area contributed by atoms with Crippen molar-refractivity contribution in [3.05, 3.63) is 34.1 Å². The quantitative estimate of drug-likeness (QED) is 0.939. The summed E-state index contributed by atoms with van der Waals surface area (Å²) in [4.78, 5) is 14.6. The average molecular weight is 311 g/mol. The molecular formula is C12H11BrN2O3. The van der Waals surface area contributed by atoms with E-state index in [1.807, 2.05) is 25.1 Å². The summed E-state index contributed by atoms with van der Waals surface area (Å²) in [5.74, 6) is -0.0512. The van der Waals surface area contributed by atoms with Crippen LogP contribution < -0.4 is 0 Å². The second-order valence-corrected chi connectivity index (χ2v) is 4.78. The van der Waals surface area contributed by atoms with Crippen LogP contribution in [0, 0.1) is 6.92 Å². The van der Waals surface area contributed by atoms with Crippen LogP contribution in [-0.2, 0) is 11.2 Å². The van der Waals surface area contributed by atoms with Gasteiger partial charge in [-0.1, -0.05) is 21.1 Å². The Morgan fingerprint density at radius 1 is 1.50 bits per heavy atom. The minimum absolute atomic E-state index is 0.0129. The second-order valence-electron chi connectivity index (χ2n) is 3.86. The first-order valence-corrected chi connectivity index (χ1v) is 6.16. The van der Waals surface area contributed by atoms with Crippen LogP contribution in [0.5, 0.6) is 0 Å². The van der Waals surface area contributed by atoms with Crippen molar-refractivity contribution in [2.24, 2.45) is 0 Å². The number of rotatable bonds is 4. The molecule has 18 heavy (non-hydrogen) atoms. The van der Waals surface area contributed by atoms with E-state index in [0.717, 1.165) is 15.6 Å². The minimum atomic E-state index is -0.880. The first-order chi connectivity index (χ1) is 8.56. The number of carbonyl (C=O) groups is 1. The fourth-order valence-electron chi connectivity index (χ4n) is 1.56. The third-order valence-electron chi connectivity index (χ3n) is 2.45. The summed E-state index contributed by atoms with van der Waals surface area (Å²) < 4.78 is 6.00. The summed E-state index contributed by atoms with van der Waals surface area (Å²) in [6.07, 6.45) is 0.235. The standard InChI is InChI=1S/C12H11BrN2O3/c1-7-6-8(13)2-3-9(7)12-14-10(18-15-12)4-5-11(16)17/h2-3,6H,4-5H2,1H3,(H,16,17). The van der Waals surface area contributed by atoms with E-state index in [1.54, 1.807) is 0 Å². The Morgan fingerprint density at radius 2 is 2.28 bits per heavy atom. The molecule has 94 valence electrons. The molecule has 2 aromatic rings. The maximum Gasteiger partial charge on any atom is 0.303 e. The van der Waals surface area contributed by atoms with Gasteiger partial charge in [-0.3, -0.25) is 4.79 Å². The monoisotopic (exact) mass is 310 g/mol. The molecule has 0 saturated heterocycles. The average Bonchev–Trinajstić information content (AvgIpc) is 2.75. The zero-order valence-corrected chi connectivity index (χ0v) is 11.3. The Kier molecular flexibility index (Phi) is 3.76. The fraction of sp³-hybridized carbons (Fsp3) is 0.250. The highest BCUT2D eigenvalue weighted by molar-refractivity contribution is 9.10. The van der Waals surface area contributed by atoms with E-state index in [2.05, 4.69) is 26.1 Å². The van der Waals surface area contributed by atoms with E-state index in [9.17, 15) is 4.79 Å². The van der Waals surface area contributed by atoms with Crippen molar-refractivity contribution < 1.29 is 14.4 Å². The number of aromatic nitrogens is 2. The normalized spacial score (nSPS) is 10.6. The van der Waals surface area contributed by atoms with E-state index < -0.39 is 5.97 Å². The summed E-state index contributed by atoms with van der Waals surface area (Å²) in [5.41, 5.74) is 1.90. The van der Waals surface area contributed by atoms with Gasteiger partial charge in [-0.15, -0.1) is 0 Å². The number of halogens is 1. The van der Waals surface area contributed by atoms with Crippen molar-refractivity contribution in [1.82, 2.24) is 10.1 Å². The molecule has 0 aliphatic rings. The number of hydrogen-bond acceptors (Lipinski definition) is 4. The molecule has 0 fully saturated rings. The smallest absolute Gasteiger partial charge is 0.303 e. The second kappa shape index (κ2) is 5.30. The first-order valence-electron chi connectivity index (χ1n) is 5.37. The number of benzene rings is 1. The maximum atomic E-state index is 10.4. The van der Waals surface area contributed by atoms with Crippen molar-refractivity contribution in [3.63, 3.8) is 0 Å². The molecule has 5 nitrogen and oxygen atoms in total. The van der Waals surface area contributed by atoms with Gasteiger partial charge in [0.25, 0.3) is 0 Å². The highest BCUT2D eigenvalue weighted by Gasteiger charge is 2.11. The molecule has 1 aromatic heterocycles. The van der Waals surface area contributed by atoms with Crippen LogP contribution in [0.1, 0.15) is 17.9 Å². The molecule has 0 amide bonds. The lowest BCUT2D eigenvalue weighted by molar-refractivity contribution is -0.137. The van der Waals surface area contributed by atoms with Gasteiger partial charge >= 0.3 is 5.97 Å². The molecule has 0 spiro atoms. The van der Waals surface area contributed by atoms with E-state index >= 15 is 0 Å². The molecule has 0 aliphatic carbocycles. The lowest BCUT2D eigenvalue weighted by atomic mass is 10.1. The van der Waals surface area contributed by atoms with E-state index in [-0.39, 0.29) is 12.8 Å². The van der Waals surface area contributed by atoms with E-state index in [4.69, 9.17) is 9.63 Å². The van der Waals surface area contributed by atoms with Crippen LogP contribution in [0.25, 0.3) is 11.4 Å². The van der Waals surface area contributed by atoms with Gasteiger partial charge in [0.1, 0.15) is 0 Å². The predicted octanol–water partition coefficient (Wildman–Crippen LogP) is 2.82. The largest absolute Gasteiger partial charge is 0.481 e. The highest BCUT2D eigenvalue weighted by atomic mass is 79.9. The predicted molar refractivity (Wildman–Crippen MR) is 68.1 cm³/mol. The highest BCUT2D eigenvalue weighted by Crippen LogP contribution is 2.23. The zero-order chi connectivity index (χ0) is 13.1.